The molecule has 170 valence electrons. The lowest BCUT2D eigenvalue weighted by atomic mass is 9.95. The first-order chi connectivity index (χ1) is 15.8. The molecule has 5 nitrogen and oxygen atoms in total. The third kappa shape index (κ3) is 6.64. The van der Waals surface area contributed by atoms with Gasteiger partial charge < -0.3 is 14.2 Å². The van der Waals surface area contributed by atoms with Crippen molar-refractivity contribution < 1.29 is 19.0 Å². The minimum atomic E-state index is -1.47. The maximum atomic E-state index is 13.1. The highest BCUT2D eigenvalue weighted by atomic mass is 35.5. The molecule has 0 saturated carbocycles. The number of carbonyl (C=O) groups excluding carboxylic acids is 1. The van der Waals surface area contributed by atoms with Crippen LogP contribution in [0.4, 0.5) is 0 Å². The molecule has 0 aliphatic heterocycles. The van der Waals surface area contributed by atoms with E-state index >= 15 is 0 Å². The van der Waals surface area contributed by atoms with Crippen molar-refractivity contribution in [3.63, 3.8) is 0 Å². The number of halogens is 2. The van der Waals surface area contributed by atoms with E-state index in [4.69, 9.17) is 37.4 Å². The lowest BCUT2D eigenvalue weighted by molar-refractivity contribution is -0.149. The molecule has 0 aliphatic rings. The largest absolute Gasteiger partial charge is 0.494 e. The molecular formula is C26H23Cl2NO4. The number of benzene rings is 3. The fraction of sp³-hybridized carbons (Fsp3) is 0.231. The van der Waals surface area contributed by atoms with Gasteiger partial charge in [-0.1, -0.05) is 42.5 Å². The number of nitriles is 1. The third-order valence-corrected chi connectivity index (χ3v) is 5.19. The highest BCUT2D eigenvalue weighted by Gasteiger charge is 2.39. The molecule has 0 heterocycles. The van der Waals surface area contributed by atoms with Gasteiger partial charge in [0.15, 0.2) is 0 Å². The average Bonchev–Trinajstić information content (AvgIpc) is 2.79. The van der Waals surface area contributed by atoms with Crippen molar-refractivity contribution >= 4 is 29.2 Å². The van der Waals surface area contributed by atoms with Gasteiger partial charge in [0.05, 0.1) is 6.61 Å². The molecule has 0 saturated heterocycles. The number of hydrogen-bond acceptors (Lipinski definition) is 5. The Morgan fingerprint density at radius 3 is 2.21 bits per heavy atom. The maximum Gasteiger partial charge on any atom is 0.318 e. The van der Waals surface area contributed by atoms with E-state index in [2.05, 4.69) is 0 Å². The number of alkyl halides is 2. The van der Waals surface area contributed by atoms with Crippen LogP contribution in [0.25, 0.3) is 0 Å². The van der Waals surface area contributed by atoms with E-state index in [1.807, 2.05) is 43.3 Å². The normalized spacial score (nSPS) is 12.8. The highest BCUT2D eigenvalue weighted by Crippen LogP contribution is 2.40. The number of esters is 1. The summed E-state index contributed by atoms with van der Waals surface area (Å²) < 4.78 is 15.3. The van der Waals surface area contributed by atoms with Gasteiger partial charge in [-0.2, -0.15) is 5.26 Å². The van der Waals surface area contributed by atoms with Crippen molar-refractivity contribution in [2.75, 3.05) is 6.61 Å². The first kappa shape index (κ1) is 24.4. The Hall–Kier alpha value is -3.20. The quantitative estimate of drug-likeness (QED) is 0.243. The Morgan fingerprint density at radius 1 is 0.939 bits per heavy atom. The van der Waals surface area contributed by atoms with Crippen LogP contribution in [-0.4, -0.2) is 16.9 Å². The molecule has 33 heavy (non-hydrogen) atoms. The molecule has 0 aromatic heterocycles. The summed E-state index contributed by atoms with van der Waals surface area (Å²) in [5.41, 5.74) is 1.02. The van der Waals surface area contributed by atoms with Crippen LogP contribution >= 0.6 is 23.2 Å². The molecule has 0 spiro atoms. The summed E-state index contributed by atoms with van der Waals surface area (Å²) in [4.78, 5) is 13.1. The fourth-order valence-corrected chi connectivity index (χ4v) is 3.71. The van der Waals surface area contributed by atoms with Crippen molar-refractivity contribution in [1.82, 2.24) is 0 Å². The van der Waals surface area contributed by atoms with Crippen molar-refractivity contribution in [2.24, 2.45) is 0 Å². The molecule has 0 radical (unpaired) electrons. The second-order valence-corrected chi connectivity index (χ2v) is 9.09. The average molecular weight is 484 g/mol. The van der Waals surface area contributed by atoms with Gasteiger partial charge in [0.1, 0.15) is 33.6 Å². The van der Waals surface area contributed by atoms with Gasteiger partial charge in [0, 0.05) is 5.56 Å². The molecule has 2 unspecified atom stereocenters. The van der Waals surface area contributed by atoms with Gasteiger partial charge >= 0.3 is 5.97 Å². The SMILES string of the molecule is CCOc1ccc(C(C(=O)OC(C#N)c2cccc(Oc3ccccc3)c2)C(C)(Cl)Cl)cc1. The Balaban J connectivity index is 1.81. The zero-order valence-corrected chi connectivity index (χ0v) is 19.7. The van der Waals surface area contributed by atoms with Gasteiger partial charge in [-0.05, 0) is 55.8 Å². The summed E-state index contributed by atoms with van der Waals surface area (Å²) in [7, 11) is 0. The molecule has 3 aromatic rings. The second-order valence-electron chi connectivity index (χ2n) is 7.32. The molecule has 0 fully saturated rings. The first-order valence-electron chi connectivity index (χ1n) is 10.4. The van der Waals surface area contributed by atoms with Gasteiger partial charge in [-0.25, -0.2) is 0 Å². The standard InChI is InChI=1S/C26H23Cl2NO4/c1-3-31-20-14-12-18(13-15-20)24(26(2,27)28)25(30)33-23(17-29)19-8-7-11-22(16-19)32-21-9-5-4-6-10-21/h4-16,23-24H,3H2,1-2H3. The maximum absolute atomic E-state index is 13.1. The Morgan fingerprint density at radius 2 is 1.61 bits per heavy atom. The Bertz CT molecular complexity index is 1110. The van der Waals surface area contributed by atoms with E-state index in [0.29, 0.717) is 35.0 Å². The minimum Gasteiger partial charge on any atom is -0.494 e. The lowest BCUT2D eigenvalue weighted by Crippen LogP contribution is -2.30. The number of rotatable bonds is 9. The number of carbonyl (C=O) groups is 1. The van der Waals surface area contributed by atoms with Gasteiger partial charge in [-0.3, -0.25) is 4.79 Å². The van der Waals surface area contributed by atoms with E-state index in [1.54, 1.807) is 48.5 Å². The molecule has 0 aliphatic carbocycles. The fourth-order valence-electron chi connectivity index (χ4n) is 3.28. The second kappa shape index (κ2) is 11.1. The predicted octanol–water partition coefficient (Wildman–Crippen LogP) is 6.96. The highest BCUT2D eigenvalue weighted by molar-refractivity contribution is 6.49. The van der Waals surface area contributed by atoms with Crippen LogP contribution in [0.3, 0.4) is 0 Å². The number of nitrogens with zero attached hydrogens (tertiary/aromatic N) is 1. The Kier molecular flexibility index (Phi) is 8.21. The van der Waals surface area contributed by atoms with Gasteiger partial charge in [0.2, 0.25) is 6.10 Å². The van der Waals surface area contributed by atoms with E-state index in [0.717, 1.165) is 0 Å². The number of ether oxygens (including phenoxy) is 3. The molecule has 0 bridgehead atoms. The van der Waals surface area contributed by atoms with E-state index < -0.39 is 22.3 Å². The zero-order chi connectivity index (χ0) is 23.8. The molecule has 7 heteroatoms. The molecule has 0 amide bonds. The van der Waals surface area contributed by atoms with Crippen LogP contribution in [0.5, 0.6) is 17.2 Å². The van der Waals surface area contributed by atoms with Crippen molar-refractivity contribution in [3.05, 3.63) is 90.0 Å². The molecule has 2 atom stereocenters. The number of hydrogen-bond donors (Lipinski definition) is 0. The monoisotopic (exact) mass is 483 g/mol. The van der Waals surface area contributed by atoms with Crippen LogP contribution in [0.2, 0.25) is 0 Å². The number of para-hydroxylation sites is 1. The predicted molar refractivity (Wildman–Crippen MR) is 128 cm³/mol. The van der Waals surface area contributed by atoms with E-state index in [-0.39, 0.29) is 0 Å². The van der Waals surface area contributed by atoms with Crippen molar-refractivity contribution in [1.29, 1.82) is 5.26 Å². The smallest absolute Gasteiger partial charge is 0.318 e. The summed E-state index contributed by atoms with van der Waals surface area (Å²) in [5.74, 6) is 0.0846. The van der Waals surface area contributed by atoms with Crippen molar-refractivity contribution in [3.8, 4) is 23.3 Å². The van der Waals surface area contributed by atoms with Crippen LogP contribution in [0.15, 0.2) is 78.9 Å². The van der Waals surface area contributed by atoms with Crippen LogP contribution in [-0.2, 0) is 9.53 Å². The third-order valence-electron chi connectivity index (χ3n) is 4.76. The summed E-state index contributed by atoms with van der Waals surface area (Å²) in [6.07, 6.45) is -1.17. The summed E-state index contributed by atoms with van der Waals surface area (Å²) in [6.45, 7) is 3.91. The van der Waals surface area contributed by atoms with E-state index in [1.165, 1.54) is 6.92 Å². The summed E-state index contributed by atoms with van der Waals surface area (Å²) in [5, 5.41) is 9.71. The minimum absolute atomic E-state index is 0.468. The van der Waals surface area contributed by atoms with Gasteiger partial charge in [0.25, 0.3) is 0 Å². The Labute approximate surface area is 203 Å². The summed E-state index contributed by atoms with van der Waals surface area (Å²) in [6, 6.07) is 24.9. The first-order valence-corrected chi connectivity index (χ1v) is 11.1. The van der Waals surface area contributed by atoms with Gasteiger partial charge in [-0.15, -0.1) is 23.2 Å². The zero-order valence-electron chi connectivity index (χ0n) is 18.2. The van der Waals surface area contributed by atoms with Crippen LogP contribution < -0.4 is 9.47 Å². The molecular weight excluding hydrogens is 461 g/mol. The topological polar surface area (TPSA) is 68.5 Å². The molecule has 3 rings (SSSR count). The van der Waals surface area contributed by atoms with E-state index in [9.17, 15) is 10.1 Å². The molecule has 3 aromatic carbocycles. The van der Waals surface area contributed by atoms with Crippen molar-refractivity contribution in [2.45, 2.75) is 30.2 Å². The van der Waals surface area contributed by atoms with Crippen LogP contribution in [0.1, 0.15) is 37.0 Å². The lowest BCUT2D eigenvalue weighted by Gasteiger charge is -2.26. The van der Waals surface area contributed by atoms with Crippen LogP contribution in [0, 0.1) is 11.3 Å². The molecule has 0 N–H and O–H groups in total. The summed E-state index contributed by atoms with van der Waals surface area (Å²) >= 11 is 12.7.